The van der Waals surface area contributed by atoms with Gasteiger partial charge in [-0.3, -0.25) is 14.2 Å². The number of aliphatic hydroxyl groups excluding tert-OH is 1. The van der Waals surface area contributed by atoms with Gasteiger partial charge in [-0.2, -0.15) is 18.3 Å². The van der Waals surface area contributed by atoms with Gasteiger partial charge in [0, 0.05) is 56.8 Å². The van der Waals surface area contributed by atoms with Crippen molar-refractivity contribution in [1.29, 1.82) is 0 Å². The molecule has 0 unspecified atom stereocenters. The number of hydrogen-bond acceptors (Lipinski definition) is 10. The molecule has 5 heterocycles. The molecule has 0 radical (unpaired) electrons. The van der Waals surface area contributed by atoms with Crippen LogP contribution in [-0.4, -0.2) is 79.0 Å². The van der Waals surface area contributed by atoms with Crippen molar-refractivity contribution in [2.45, 2.75) is 44.2 Å². The third-order valence-corrected chi connectivity index (χ3v) is 10.2. The Labute approximate surface area is 250 Å². The lowest BCUT2D eigenvalue weighted by Crippen LogP contribution is -2.31. The summed E-state index contributed by atoms with van der Waals surface area (Å²) in [5, 5.41) is 21.7. The second-order valence-corrected chi connectivity index (χ2v) is 13.7. The molecule has 0 amide bonds. The zero-order chi connectivity index (χ0) is 31.3. The maximum absolute atomic E-state index is 13.0. The van der Waals surface area contributed by atoms with Crippen molar-refractivity contribution < 1.29 is 26.7 Å². The fourth-order valence-corrected chi connectivity index (χ4v) is 7.24. The van der Waals surface area contributed by atoms with Crippen LogP contribution in [0.4, 0.5) is 30.6 Å². The summed E-state index contributed by atoms with van der Waals surface area (Å²) in [6, 6.07) is 3.42. The van der Waals surface area contributed by atoms with Gasteiger partial charge in [0.1, 0.15) is 17.2 Å². The van der Waals surface area contributed by atoms with E-state index in [1.54, 1.807) is 35.0 Å². The Morgan fingerprint density at radius 2 is 1.98 bits per heavy atom. The monoisotopic (exact) mass is 635 g/mol. The molecule has 0 aromatic carbocycles. The van der Waals surface area contributed by atoms with Crippen molar-refractivity contribution in [3.05, 3.63) is 41.1 Å². The Balaban J connectivity index is 1.32. The molecular weight excluding hydrogens is 603 g/mol. The number of rotatable bonds is 9. The lowest BCUT2D eigenvalue weighted by Gasteiger charge is -2.26. The second kappa shape index (κ2) is 11.2. The first kappa shape index (κ1) is 30.1. The van der Waals surface area contributed by atoms with Crippen LogP contribution in [-0.2, 0) is 23.4 Å². The lowest BCUT2D eigenvalue weighted by atomic mass is 9.87. The third-order valence-electron chi connectivity index (χ3n) is 8.58. The summed E-state index contributed by atoms with van der Waals surface area (Å²) in [6.07, 6.45) is 8.57. The van der Waals surface area contributed by atoms with Gasteiger partial charge < -0.3 is 20.4 Å². The van der Waals surface area contributed by atoms with Gasteiger partial charge in [0.15, 0.2) is 11.6 Å². The molecule has 6 rings (SSSR count). The molecule has 0 bridgehead atoms. The molecular formula is C27H32F3N9O4S. The van der Waals surface area contributed by atoms with Crippen LogP contribution in [0.25, 0.3) is 22.3 Å². The van der Waals surface area contributed by atoms with Gasteiger partial charge in [0.2, 0.25) is 9.84 Å². The number of aryl methyl sites for hydroxylation is 1. The molecule has 1 aliphatic heterocycles. The summed E-state index contributed by atoms with van der Waals surface area (Å²) < 4.78 is 65.8. The number of aromatic nitrogens is 7. The third kappa shape index (κ3) is 5.65. The minimum Gasteiger partial charge on any atom is -0.396 e. The van der Waals surface area contributed by atoms with E-state index in [0.29, 0.717) is 47.0 Å². The highest BCUT2D eigenvalue weighted by Gasteiger charge is 2.47. The number of H-pyrrole nitrogens is 1. The summed E-state index contributed by atoms with van der Waals surface area (Å²) >= 11 is 0. The number of aromatic amines is 1. The average Bonchev–Trinajstić information content (AvgIpc) is 3.77. The topological polar surface area (TPSA) is 164 Å². The van der Waals surface area contributed by atoms with Crippen molar-refractivity contribution in [2.75, 3.05) is 35.7 Å². The van der Waals surface area contributed by atoms with Crippen molar-refractivity contribution in [2.24, 2.45) is 18.4 Å². The van der Waals surface area contributed by atoms with E-state index in [0.717, 1.165) is 25.7 Å². The van der Waals surface area contributed by atoms with Crippen molar-refractivity contribution in [3.63, 3.8) is 0 Å². The minimum atomic E-state index is -5.29. The van der Waals surface area contributed by atoms with E-state index in [1.165, 1.54) is 17.1 Å². The summed E-state index contributed by atoms with van der Waals surface area (Å²) in [4.78, 5) is 27.4. The van der Waals surface area contributed by atoms with Gasteiger partial charge in [-0.25, -0.2) is 23.4 Å². The summed E-state index contributed by atoms with van der Waals surface area (Å²) in [6.45, 7) is 0.868. The van der Waals surface area contributed by atoms with Crippen LogP contribution in [0.2, 0.25) is 0 Å². The van der Waals surface area contributed by atoms with Crippen LogP contribution in [0, 0.1) is 11.3 Å². The number of hydrogen-bond donors (Lipinski definition) is 3. The van der Waals surface area contributed by atoms with Crippen LogP contribution in [0.3, 0.4) is 0 Å². The van der Waals surface area contributed by atoms with Gasteiger partial charge in [-0.05, 0) is 31.2 Å². The number of nitrogens with one attached hydrogen (secondary N) is 2. The first-order chi connectivity index (χ1) is 20.9. The largest absolute Gasteiger partial charge is 0.497 e. The van der Waals surface area contributed by atoms with Crippen LogP contribution >= 0.6 is 0 Å². The fourth-order valence-electron chi connectivity index (χ4n) is 6.16. The SMILES string of the molecule is Cn1[nH]cc(-c2nccc(Nc3cc4c(cn3)c(N3CC[C@H](CS(=O)(=O)C(F)(F)F)C3)nn4CC3(CO)CCCC3)n2)c1=O. The number of halogens is 3. The zero-order valence-corrected chi connectivity index (χ0v) is 24.7. The Kier molecular flexibility index (Phi) is 7.63. The molecule has 236 valence electrons. The summed E-state index contributed by atoms with van der Waals surface area (Å²) in [7, 11) is -3.65. The highest BCUT2D eigenvalue weighted by Crippen LogP contribution is 2.41. The maximum atomic E-state index is 13.0. The molecule has 0 spiro atoms. The first-order valence-electron chi connectivity index (χ1n) is 14.2. The van der Waals surface area contributed by atoms with E-state index in [-0.39, 0.29) is 36.4 Å². The molecule has 13 nitrogen and oxygen atoms in total. The zero-order valence-electron chi connectivity index (χ0n) is 23.9. The second-order valence-electron chi connectivity index (χ2n) is 11.7. The number of alkyl halides is 3. The fraction of sp³-hybridized carbons (Fsp3) is 0.519. The van der Waals surface area contributed by atoms with E-state index in [4.69, 9.17) is 5.10 Å². The van der Waals surface area contributed by atoms with Gasteiger partial charge >= 0.3 is 5.51 Å². The standard InChI is InChI=1S/C27H32F3N9O4S/c1-37-25(41)19(12-33-37)23-31-8-4-21(35-23)34-22-10-20-18(11-32-22)24(36-39(20)15-26(16-40)6-2-3-7-26)38-9-5-17(13-38)14-44(42,43)27(28,29)30/h4,8,10-12,17,33,40H,2-3,5-7,9,13-16H2,1H3,(H,31,32,34,35)/t17-/m0/s1. The molecule has 1 saturated heterocycles. The van der Waals surface area contributed by atoms with E-state index < -0.39 is 27.0 Å². The van der Waals surface area contributed by atoms with Crippen LogP contribution in [0.1, 0.15) is 32.1 Å². The predicted octanol–water partition coefficient (Wildman–Crippen LogP) is 2.97. The Bertz CT molecular complexity index is 1840. The molecule has 2 fully saturated rings. The van der Waals surface area contributed by atoms with Crippen LogP contribution in [0.15, 0.2) is 35.5 Å². The molecule has 2 aliphatic rings. The normalized spacial score (nSPS) is 18.8. The number of sulfone groups is 1. The first-order valence-corrected chi connectivity index (χ1v) is 15.9. The van der Waals surface area contributed by atoms with E-state index in [2.05, 4.69) is 25.4 Å². The number of nitrogens with zero attached hydrogens (tertiary/aromatic N) is 7. The van der Waals surface area contributed by atoms with Crippen molar-refractivity contribution in [3.8, 4) is 11.4 Å². The number of aliphatic hydroxyl groups is 1. The van der Waals surface area contributed by atoms with Gasteiger partial charge in [-0.15, -0.1) is 0 Å². The molecule has 1 saturated carbocycles. The molecule has 44 heavy (non-hydrogen) atoms. The number of fused-ring (bicyclic) bond motifs is 1. The predicted molar refractivity (Wildman–Crippen MR) is 156 cm³/mol. The van der Waals surface area contributed by atoms with Gasteiger partial charge in [0.25, 0.3) is 5.56 Å². The molecule has 3 N–H and O–H groups in total. The molecule has 4 aromatic rings. The lowest BCUT2D eigenvalue weighted by molar-refractivity contribution is -0.0438. The Morgan fingerprint density at radius 1 is 1.20 bits per heavy atom. The van der Waals surface area contributed by atoms with E-state index in [9.17, 15) is 31.5 Å². The smallest absolute Gasteiger partial charge is 0.396 e. The molecule has 4 aromatic heterocycles. The van der Waals surface area contributed by atoms with Crippen LogP contribution < -0.4 is 15.8 Å². The molecule has 1 atom stereocenters. The average molecular weight is 636 g/mol. The van der Waals surface area contributed by atoms with Gasteiger partial charge in [0.05, 0.1) is 23.3 Å². The summed E-state index contributed by atoms with van der Waals surface area (Å²) in [5.74, 6) is -0.110. The quantitative estimate of drug-likeness (QED) is 0.249. The Morgan fingerprint density at radius 3 is 2.66 bits per heavy atom. The maximum Gasteiger partial charge on any atom is 0.497 e. The number of pyridine rings is 1. The van der Waals surface area contributed by atoms with Gasteiger partial charge in [-0.1, -0.05) is 12.8 Å². The van der Waals surface area contributed by atoms with E-state index in [1.807, 2.05) is 0 Å². The molecule has 1 aliphatic carbocycles. The van der Waals surface area contributed by atoms with E-state index >= 15 is 0 Å². The summed E-state index contributed by atoms with van der Waals surface area (Å²) in [5.41, 5.74) is -4.92. The highest BCUT2D eigenvalue weighted by atomic mass is 32.2. The number of anilines is 3. The molecule has 17 heteroatoms. The minimum absolute atomic E-state index is 0.0106. The van der Waals surface area contributed by atoms with Crippen LogP contribution in [0.5, 0.6) is 0 Å². The van der Waals surface area contributed by atoms with Crippen molar-refractivity contribution in [1.82, 2.24) is 34.5 Å². The highest BCUT2D eigenvalue weighted by molar-refractivity contribution is 7.92. The Hall–Kier alpha value is -3.99. The van der Waals surface area contributed by atoms with Crippen molar-refractivity contribution >= 4 is 38.2 Å².